The molecule has 1 aliphatic heterocycles. The zero-order valence-electron chi connectivity index (χ0n) is 22.3. The molecular formula is C26H47N3O5. The Kier molecular flexibility index (Phi) is 33.6. The quantitative estimate of drug-likeness (QED) is 0.323. The van der Waals surface area contributed by atoms with E-state index in [0.717, 1.165) is 5.92 Å². The predicted molar refractivity (Wildman–Crippen MR) is 142 cm³/mol. The molecule has 0 saturated carbocycles. The monoisotopic (exact) mass is 481 g/mol. The molecule has 2 atom stereocenters. The molecule has 8 heteroatoms. The third-order valence-corrected chi connectivity index (χ3v) is 2.98. The average molecular weight is 482 g/mol. The Morgan fingerprint density at radius 1 is 1.24 bits per heavy atom. The molecule has 196 valence electrons. The number of aliphatic hydroxyl groups excluding tert-OH is 1. The Balaban J connectivity index is -0.000000144. The van der Waals surface area contributed by atoms with Gasteiger partial charge in [-0.05, 0) is 47.0 Å². The van der Waals surface area contributed by atoms with E-state index in [9.17, 15) is 14.7 Å². The number of terminal acetylenes is 2. The number of likely N-dealkylation sites (tertiary alicyclic amines) is 1. The molecule has 3 amide bonds. The summed E-state index contributed by atoms with van der Waals surface area (Å²) in [5.41, 5.74) is 3.59. The molecular weight excluding hydrogens is 434 g/mol. The summed E-state index contributed by atoms with van der Waals surface area (Å²) < 4.78 is 5.03. The normalized spacial score (nSPS) is 15.5. The van der Waals surface area contributed by atoms with E-state index < -0.39 is 17.8 Å². The van der Waals surface area contributed by atoms with Crippen LogP contribution in [-0.4, -0.2) is 59.3 Å². The second kappa shape index (κ2) is 27.8. The summed E-state index contributed by atoms with van der Waals surface area (Å²) in [6, 6.07) is 0.00735. The lowest BCUT2D eigenvalue weighted by atomic mass is 10.2. The fourth-order valence-corrected chi connectivity index (χ4v) is 2.05. The number of allylic oxidation sites excluding steroid dienone is 3. The van der Waals surface area contributed by atoms with Gasteiger partial charge in [0.1, 0.15) is 12.1 Å². The summed E-state index contributed by atoms with van der Waals surface area (Å²) in [6.07, 6.45) is 21.3. The van der Waals surface area contributed by atoms with Crippen LogP contribution in [0.2, 0.25) is 0 Å². The van der Waals surface area contributed by atoms with Gasteiger partial charge in [-0.15, -0.1) is 25.7 Å². The van der Waals surface area contributed by atoms with E-state index in [1.807, 2.05) is 26.0 Å². The molecule has 1 heterocycles. The molecule has 1 aliphatic rings. The van der Waals surface area contributed by atoms with E-state index in [1.54, 1.807) is 31.7 Å². The zero-order chi connectivity index (χ0) is 28.3. The minimum absolute atomic E-state index is 0.00735. The summed E-state index contributed by atoms with van der Waals surface area (Å²) >= 11 is 0. The van der Waals surface area contributed by atoms with Gasteiger partial charge in [-0.3, -0.25) is 9.59 Å². The third-order valence-electron chi connectivity index (χ3n) is 2.98. The molecule has 0 bridgehead atoms. The van der Waals surface area contributed by atoms with Gasteiger partial charge in [0.05, 0.1) is 6.10 Å². The van der Waals surface area contributed by atoms with Crippen molar-refractivity contribution in [3.8, 4) is 25.7 Å². The van der Waals surface area contributed by atoms with Crippen molar-refractivity contribution in [3.63, 3.8) is 0 Å². The Morgan fingerprint density at radius 2 is 1.65 bits per heavy atom. The minimum atomic E-state index is -0.608. The van der Waals surface area contributed by atoms with Crippen LogP contribution in [0, 0.1) is 31.6 Å². The average Bonchev–Trinajstić information content (AvgIpc) is 3.07. The van der Waals surface area contributed by atoms with Crippen LogP contribution in [0.25, 0.3) is 0 Å². The molecule has 0 unspecified atom stereocenters. The van der Waals surface area contributed by atoms with Gasteiger partial charge in [-0.25, -0.2) is 4.79 Å². The number of nitrogens with two attached hydrogens (primary N) is 1. The van der Waals surface area contributed by atoms with E-state index in [-0.39, 0.29) is 24.9 Å². The zero-order valence-corrected chi connectivity index (χ0v) is 22.3. The number of nitrogens with zero attached hydrogens (tertiary/aromatic N) is 1. The highest BCUT2D eigenvalue weighted by Gasteiger charge is 2.31. The number of nitrogens with one attached hydrogen (secondary N) is 1. The number of hydrogen-bond donors (Lipinski definition) is 3. The van der Waals surface area contributed by atoms with Gasteiger partial charge in [0, 0.05) is 12.6 Å². The van der Waals surface area contributed by atoms with Crippen molar-refractivity contribution in [3.05, 3.63) is 24.8 Å². The van der Waals surface area contributed by atoms with Gasteiger partial charge in [-0.2, -0.15) is 0 Å². The number of aliphatic hydroxyl groups is 1. The number of carbonyl (C=O) groups is 3. The van der Waals surface area contributed by atoms with Gasteiger partial charge in [-0.1, -0.05) is 45.6 Å². The third kappa shape index (κ3) is 36.2. The number of carbonyl (C=O) groups excluding carboxylic acids is 3. The lowest BCUT2D eigenvalue weighted by Gasteiger charge is -2.23. The van der Waals surface area contributed by atoms with E-state index in [0.29, 0.717) is 13.0 Å². The van der Waals surface area contributed by atoms with Gasteiger partial charge in [0.2, 0.25) is 12.3 Å². The number of alkyl carbamates (subject to hydrolysis) is 1. The van der Waals surface area contributed by atoms with Crippen molar-refractivity contribution < 1.29 is 24.2 Å². The van der Waals surface area contributed by atoms with E-state index >= 15 is 0 Å². The number of β-amino-alcohol motifs (C(OH)–C–C–N with tert-alkyl or cyclic N) is 1. The summed E-state index contributed by atoms with van der Waals surface area (Å²) in [7, 11) is 0. The Labute approximate surface area is 208 Å². The second-order valence-electron chi connectivity index (χ2n) is 8.27. The fraction of sp³-hybridized carbons (Fsp3) is 0.577. The first-order chi connectivity index (χ1) is 15.7. The summed E-state index contributed by atoms with van der Waals surface area (Å²) in [4.78, 5) is 33.3. The molecule has 0 aromatic rings. The Bertz CT molecular complexity index is 581. The lowest BCUT2D eigenvalue weighted by molar-refractivity contribution is -0.131. The molecule has 34 heavy (non-hydrogen) atoms. The number of hydrogen-bond acceptors (Lipinski definition) is 5. The number of primary amides is 1. The van der Waals surface area contributed by atoms with Crippen LogP contribution < -0.4 is 11.1 Å². The molecule has 0 aromatic heterocycles. The molecule has 1 fully saturated rings. The SMILES string of the molecule is C#C.C#C.C=C/C=C\C.CC(C)C.C[C@@H]1C[C@H](O)CN1C(=O)CNC(=O)OC(C)(C)C.NC=O. The highest BCUT2D eigenvalue weighted by atomic mass is 16.6. The van der Waals surface area contributed by atoms with Gasteiger partial charge >= 0.3 is 6.09 Å². The second-order valence-corrected chi connectivity index (χ2v) is 8.27. The largest absolute Gasteiger partial charge is 0.444 e. The maximum absolute atomic E-state index is 11.8. The molecule has 0 radical (unpaired) electrons. The van der Waals surface area contributed by atoms with Gasteiger partial charge in [0.15, 0.2) is 0 Å². The molecule has 1 rings (SSSR count). The van der Waals surface area contributed by atoms with Crippen LogP contribution in [-0.2, 0) is 14.3 Å². The topological polar surface area (TPSA) is 122 Å². The van der Waals surface area contributed by atoms with Crippen LogP contribution >= 0.6 is 0 Å². The van der Waals surface area contributed by atoms with Crippen LogP contribution in [0.15, 0.2) is 24.8 Å². The van der Waals surface area contributed by atoms with Crippen LogP contribution in [0.4, 0.5) is 4.79 Å². The maximum Gasteiger partial charge on any atom is 0.408 e. The van der Waals surface area contributed by atoms with E-state index in [4.69, 9.17) is 9.53 Å². The van der Waals surface area contributed by atoms with Crippen LogP contribution in [0.5, 0.6) is 0 Å². The van der Waals surface area contributed by atoms with Crippen molar-refractivity contribution in [2.75, 3.05) is 13.1 Å². The highest BCUT2D eigenvalue weighted by Crippen LogP contribution is 2.16. The molecule has 1 saturated heterocycles. The van der Waals surface area contributed by atoms with Crippen molar-refractivity contribution in [1.29, 1.82) is 0 Å². The van der Waals surface area contributed by atoms with Crippen molar-refractivity contribution >= 4 is 18.4 Å². The first kappa shape index (κ1) is 41.1. The Hall–Kier alpha value is -3.23. The molecule has 8 nitrogen and oxygen atoms in total. The highest BCUT2D eigenvalue weighted by molar-refractivity contribution is 5.82. The minimum Gasteiger partial charge on any atom is -0.444 e. The first-order valence-corrected chi connectivity index (χ1v) is 10.8. The smallest absolute Gasteiger partial charge is 0.408 e. The number of rotatable bonds is 3. The maximum atomic E-state index is 11.8. The van der Waals surface area contributed by atoms with Crippen LogP contribution in [0.3, 0.4) is 0 Å². The van der Waals surface area contributed by atoms with E-state index in [2.05, 4.69) is 64.1 Å². The first-order valence-electron chi connectivity index (χ1n) is 10.8. The van der Waals surface area contributed by atoms with Gasteiger partial charge in [0.25, 0.3) is 0 Å². The van der Waals surface area contributed by atoms with Crippen molar-refractivity contribution in [1.82, 2.24) is 10.2 Å². The lowest BCUT2D eigenvalue weighted by Crippen LogP contribution is -2.43. The fourth-order valence-electron chi connectivity index (χ4n) is 2.05. The molecule has 0 aliphatic carbocycles. The van der Waals surface area contributed by atoms with Gasteiger partial charge < -0.3 is 25.8 Å². The van der Waals surface area contributed by atoms with Crippen LogP contribution in [0.1, 0.15) is 61.8 Å². The van der Waals surface area contributed by atoms with Crippen molar-refractivity contribution in [2.45, 2.75) is 79.6 Å². The number of amides is 3. The molecule has 4 N–H and O–H groups in total. The standard InChI is InChI=1S/C12H22N2O4.C5H8.C4H10.2C2H2.CH3NO/c1-8-5-9(15)7-14(8)10(16)6-13-11(17)18-12(2,3)4;1-3-5-4-2;1-4(2)3;2*1-2;2-1-3/h8-9,15H,5-7H2,1-4H3,(H,13,17);3-5H,1H2,2H3;4H,1-3H3;2*1-2H;1H,(H2,2,3)/b;5-4-;;;;/t8-,9+;;;;;/m1...../s1. The summed E-state index contributed by atoms with van der Waals surface area (Å²) in [5, 5.41) is 11.9. The number of ether oxygens (including phenoxy) is 1. The summed E-state index contributed by atoms with van der Waals surface area (Å²) in [5.74, 6) is 0.630. The predicted octanol–water partition coefficient (Wildman–Crippen LogP) is 3.50. The molecule has 0 spiro atoms. The summed E-state index contributed by atoms with van der Waals surface area (Å²) in [6.45, 7) is 19.3. The van der Waals surface area contributed by atoms with E-state index in [1.165, 1.54) is 0 Å². The molecule has 0 aromatic carbocycles. The Morgan fingerprint density at radius 3 is 1.88 bits per heavy atom. The van der Waals surface area contributed by atoms with Crippen molar-refractivity contribution in [2.24, 2.45) is 11.7 Å².